The minimum atomic E-state index is 0.0927. The van der Waals surface area contributed by atoms with Gasteiger partial charge >= 0.3 is 0 Å². The molecule has 3 heterocycles. The minimum Gasteiger partial charge on any atom is -0.489 e. The highest BCUT2D eigenvalue weighted by Crippen LogP contribution is 2.23. The number of nitrogens with zero attached hydrogens (tertiary/aromatic N) is 4. The fourth-order valence-electron chi connectivity index (χ4n) is 3.76. The molecule has 0 bridgehead atoms. The maximum atomic E-state index is 12.5. The van der Waals surface area contributed by atoms with Crippen molar-refractivity contribution < 1.29 is 9.53 Å². The van der Waals surface area contributed by atoms with Crippen LogP contribution in [0.2, 0.25) is 0 Å². The molecule has 4 rings (SSSR count). The van der Waals surface area contributed by atoms with Crippen molar-refractivity contribution in [1.82, 2.24) is 19.7 Å². The maximum absolute atomic E-state index is 12.5. The summed E-state index contributed by atoms with van der Waals surface area (Å²) in [6.07, 6.45) is 10.0. The summed E-state index contributed by atoms with van der Waals surface area (Å²) in [6.45, 7) is 2.19. The van der Waals surface area contributed by atoms with Gasteiger partial charge in [0.1, 0.15) is 12.4 Å². The molecule has 0 radical (unpaired) electrons. The topological polar surface area (TPSA) is 60.2 Å². The van der Waals surface area contributed by atoms with Crippen molar-refractivity contribution in [2.75, 3.05) is 13.1 Å². The van der Waals surface area contributed by atoms with Crippen molar-refractivity contribution in [3.05, 3.63) is 77.9 Å². The van der Waals surface area contributed by atoms with E-state index in [1.165, 1.54) is 5.56 Å². The number of amides is 1. The van der Waals surface area contributed by atoms with Crippen molar-refractivity contribution >= 4 is 5.91 Å². The quantitative estimate of drug-likeness (QED) is 0.646. The largest absolute Gasteiger partial charge is 0.489 e. The Hall–Kier alpha value is -3.15. The third-order valence-corrected chi connectivity index (χ3v) is 5.46. The first-order valence-corrected chi connectivity index (χ1v) is 10.1. The van der Waals surface area contributed by atoms with Crippen molar-refractivity contribution in [1.29, 1.82) is 0 Å². The van der Waals surface area contributed by atoms with Crippen molar-refractivity contribution in [2.45, 2.75) is 25.9 Å². The van der Waals surface area contributed by atoms with Gasteiger partial charge < -0.3 is 9.64 Å². The number of aryl methyl sites for hydroxylation is 1. The van der Waals surface area contributed by atoms with Gasteiger partial charge in [-0.15, -0.1) is 0 Å². The summed E-state index contributed by atoms with van der Waals surface area (Å²) in [5, 5.41) is 4.10. The molecule has 1 amide bonds. The number of hydrogen-bond acceptors (Lipinski definition) is 4. The Morgan fingerprint density at radius 2 is 1.76 bits per heavy atom. The average molecular weight is 390 g/mol. The molecule has 150 valence electrons. The second-order valence-electron chi connectivity index (χ2n) is 7.63. The van der Waals surface area contributed by atoms with E-state index in [4.69, 9.17) is 4.74 Å². The van der Waals surface area contributed by atoms with Crippen LogP contribution in [-0.4, -0.2) is 38.7 Å². The molecule has 0 N–H and O–H groups in total. The van der Waals surface area contributed by atoms with E-state index >= 15 is 0 Å². The maximum Gasteiger partial charge on any atom is 0.257 e. The smallest absolute Gasteiger partial charge is 0.257 e. The van der Waals surface area contributed by atoms with Gasteiger partial charge in [-0.3, -0.25) is 14.5 Å². The molecule has 0 aliphatic carbocycles. The Bertz CT molecular complexity index is 929. The van der Waals surface area contributed by atoms with Crippen LogP contribution in [-0.2, 0) is 20.1 Å². The Morgan fingerprint density at radius 3 is 2.41 bits per heavy atom. The molecule has 1 aliphatic rings. The van der Waals surface area contributed by atoms with E-state index in [2.05, 4.69) is 34.3 Å². The van der Waals surface area contributed by atoms with E-state index in [1.54, 1.807) is 29.5 Å². The number of benzene rings is 1. The minimum absolute atomic E-state index is 0.0927. The molecular formula is C23H26N4O2. The van der Waals surface area contributed by atoms with Gasteiger partial charge in [0.25, 0.3) is 5.91 Å². The van der Waals surface area contributed by atoms with Crippen LogP contribution in [0.5, 0.6) is 5.75 Å². The van der Waals surface area contributed by atoms with E-state index in [0.717, 1.165) is 43.7 Å². The van der Waals surface area contributed by atoms with Crippen molar-refractivity contribution in [2.24, 2.45) is 13.0 Å². The SMILES string of the molecule is Cn1cc(C(=O)N2CCC(Cc3ccc(COc4ccncc4)cc3)CC2)cn1. The van der Waals surface area contributed by atoms with E-state index in [0.29, 0.717) is 18.1 Å². The number of rotatable bonds is 6. The third-order valence-electron chi connectivity index (χ3n) is 5.46. The molecule has 29 heavy (non-hydrogen) atoms. The van der Waals surface area contributed by atoms with E-state index in [-0.39, 0.29) is 5.91 Å². The van der Waals surface area contributed by atoms with Crippen LogP contribution in [0.1, 0.15) is 34.3 Å². The van der Waals surface area contributed by atoms with E-state index in [9.17, 15) is 4.79 Å². The summed E-state index contributed by atoms with van der Waals surface area (Å²) in [6, 6.07) is 12.4. The lowest BCUT2D eigenvalue weighted by Crippen LogP contribution is -2.38. The number of piperidine rings is 1. The van der Waals surface area contributed by atoms with Crippen molar-refractivity contribution in [3.8, 4) is 5.75 Å². The fraction of sp³-hybridized carbons (Fsp3) is 0.348. The van der Waals surface area contributed by atoms with Gasteiger partial charge in [0.05, 0.1) is 11.8 Å². The van der Waals surface area contributed by atoms with Gasteiger partial charge in [-0.1, -0.05) is 24.3 Å². The van der Waals surface area contributed by atoms with Crippen LogP contribution in [0.15, 0.2) is 61.2 Å². The van der Waals surface area contributed by atoms with Crippen LogP contribution in [0.4, 0.5) is 0 Å². The second kappa shape index (κ2) is 8.90. The third kappa shape index (κ3) is 5.02. The van der Waals surface area contributed by atoms with Crippen LogP contribution in [0, 0.1) is 5.92 Å². The lowest BCUT2D eigenvalue weighted by Gasteiger charge is -2.32. The van der Waals surface area contributed by atoms with Crippen LogP contribution >= 0.6 is 0 Å². The van der Waals surface area contributed by atoms with E-state index < -0.39 is 0 Å². The van der Waals surface area contributed by atoms with Gasteiger partial charge in [-0.2, -0.15) is 5.10 Å². The Morgan fingerprint density at radius 1 is 1.07 bits per heavy atom. The van der Waals surface area contributed by atoms with Gasteiger partial charge in [0, 0.05) is 38.7 Å². The summed E-state index contributed by atoms with van der Waals surface area (Å²) in [5.74, 6) is 1.54. The lowest BCUT2D eigenvalue weighted by atomic mass is 9.90. The first-order valence-electron chi connectivity index (χ1n) is 10.1. The zero-order valence-corrected chi connectivity index (χ0v) is 16.7. The molecule has 0 unspecified atom stereocenters. The molecule has 0 atom stereocenters. The molecule has 1 fully saturated rings. The summed E-state index contributed by atoms with van der Waals surface area (Å²) >= 11 is 0. The molecule has 0 saturated carbocycles. The average Bonchev–Trinajstić information content (AvgIpc) is 3.20. The number of aromatic nitrogens is 3. The van der Waals surface area contributed by atoms with Crippen LogP contribution in [0.3, 0.4) is 0 Å². The first kappa shape index (κ1) is 19.2. The Labute approximate surface area is 171 Å². The fourth-order valence-corrected chi connectivity index (χ4v) is 3.76. The molecular weight excluding hydrogens is 364 g/mol. The highest BCUT2D eigenvalue weighted by molar-refractivity contribution is 5.93. The predicted molar refractivity (Wildman–Crippen MR) is 111 cm³/mol. The van der Waals surface area contributed by atoms with Crippen LogP contribution in [0.25, 0.3) is 0 Å². The summed E-state index contributed by atoms with van der Waals surface area (Å²) < 4.78 is 7.44. The lowest BCUT2D eigenvalue weighted by molar-refractivity contribution is 0.0690. The molecule has 1 aliphatic heterocycles. The second-order valence-corrected chi connectivity index (χ2v) is 7.63. The molecule has 1 saturated heterocycles. The summed E-state index contributed by atoms with van der Waals surface area (Å²) in [5.41, 5.74) is 3.17. The highest BCUT2D eigenvalue weighted by Gasteiger charge is 2.24. The number of carbonyl (C=O) groups excluding carboxylic acids is 1. The molecule has 1 aromatic carbocycles. The molecule has 6 heteroatoms. The van der Waals surface area contributed by atoms with Gasteiger partial charge in [-0.25, -0.2) is 0 Å². The summed E-state index contributed by atoms with van der Waals surface area (Å²) in [4.78, 5) is 18.5. The first-order chi connectivity index (χ1) is 14.2. The highest BCUT2D eigenvalue weighted by atomic mass is 16.5. The number of hydrogen-bond donors (Lipinski definition) is 0. The molecule has 6 nitrogen and oxygen atoms in total. The zero-order chi connectivity index (χ0) is 20.1. The normalized spacial score (nSPS) is 14.7. The molecule has 2 aromatic heterocycles. The predicted octanol–water partition coefficient (Wildman–Crippen LogP) is 3.49. The molecule has 3 aromatic rings. The number of ether oxygens (including phenoxy) is 1. The Kier molecular flexibility index (Phi) is 5.89. The van der Waals surface area contributed by atoms with Crippen molar-refractivity contribution in [3.63, 3.8) is 0 Å². The van der Waals surface area contributed by atoms with E-state index in [1.807, 2.05) is 24.1 Å². The van der Waals surface area contributed by atoms with Crippen LogP contribution < -0.4 is 4.74 Å². The zero-order valence-electron chi connectivity index (χ0n) is 16.7. The van der Waals surface area contributed by atoms with Gasteiger partial charge in [0.2, 0.25) is 0 Å². The van der Waals surface area contributed by atoms with Gasteiger partial charge in [0.15, 0.2) is 0 Å². The summed E-state index contributed by atoms with van der Waals surface area (Å²) in [7, 11) is 1.83. The molecule has 0 spiro atoms. The number of pyridine rings is 1. The standard InChI is InChI=1S/C23H26N4O2/c1-26-16-21(15-25-26)23(28)27-12-8-19(9-13-27)14-18-2-4-20(5-3-18)17-29-22-6-10-24-11-7-22/h2-7,10-11,15-16,19H,8-9,12-14,17H2,1H3. The van der Waals surface area contributed by atoms with Gasteiger partial charge in [-0.05, 0) is 48.4 Å². The number of likely N-dealkylation sites (tertiary alicyclic amines) is 1. The monoisotopic (exact) mass is 390 g/mol. The number of carbonyl (C=O) groups is 1. The Balaban J connectivity index is 1.24.